The Bertz CT molecular complexity index is 746. The molecule has 2 rings (SSSR count). The molecule has 8 heteroatoms. The topological polar surface area (TPSA) is 55.1 Å². The molecular weight excluding hydrogens is 305 g/mol. The third-order valence-corrected chi connectivity index (χ3v) is 4.40. The number of aromatic hydroxyl groups is 1. The molecule has 1 aromatic carbocycles. The Balaban J connectivity index is 2.81. The Morgan fingerprint density at radius 2 is 1.62 bits per heavy atom. The molecule has 4 nitrogen and oxygen atoms in total. The number of benzene rings is 1. The average molecular weight is 318 g/mol. The molecule has 1 heterocycles. The molecule has 0 unspecified atom stereocenters. The monoisotopic (exact) mass is 318 g/mol. The Morgan fingerprint density at radius 1 is 1.05 bits per heavy atom. The average Bonchev–Trinajstić information content (AvgIpc) is 2.77. The van der Waals surface area contributed by atoms with Crippen molar-refractivity contribution in [2.45, 2.75) is 33.9 Å². The molecule has 2 aromatic rings. The normalized spacial score (nSPS) is 12.0. The second-order valence-electron chi connectivity index (χ2n) is 4.78. The molecule has 0 fully saturated rings. The summed E-state index contributed by atoms with van der Waals surface area (Å²) in [6, 6.07) is 0. The highest BCUT2D eigenvalue weighted by atomic mass is 32.1. The largest absolute Gasteiger partial charge is 0.507 e. The number of hydrogen-bond acceptors (Lipinski definition) is 4. The van der Waals surface area contributed by atoms with E-state index < -0.39 is 16.1 Å². The van der Waals surface area contributed by atoms with E-state index in [9.17, 15) is 23.1 Å². The van der Waals surface area contributed by atoms with Crippen molar-refractivity contribution in [1.82, 2.24) is 9.78 Å². The van der Waals surface area contributed by atoms with E-state index in [0.29, 0.717) is 26.9 Å². The van der Waals surface area contributed by atoms with Crippen LogP contribution in [-0.4, -0.2) is 14.9 Å². The lowest BCUT2D eigenvalue weighted by atomic mass is 9.97. The Hall–Kier alpha value is -1.83. The van der Waals surface area contributed by atoms with Gasteiger partial charge in [-0.25, -0.2) is 0 Å². The first-order valence-corrected chi connectivity index (χ1v) is 6.84. The van der Waals surface area contributed by atoms with Crippen molar-refractivity contribution in [2.75, 3.05) is 0 Å². The van der Waals surface area contributed by atoms with Crippen LogP contribution in [0.2, 0.25) is 0 Å². The van der Waals surface area contributed by atoms with Crippen molar-refractivity contribution in [3.63, 3.8) is 0 Å². The lowest BCUT2D eigenvalue weighted by Crippen LogP contribution is -2.16. The quantitative estimate of drug-likeness (QED) is 0.878. The zero-order valence-electron chi connectivity index (χ0n) is 11.8. The van der Waals surface area contributed by atoms with E-state index in [1.807, 2.05) is 0 Å². The molecule has 0 atom stereocenters. The van der Waals surface area contributed by atoms with Crippen molar-refractivity contribution >= 4 is 11.3 Å². The fraction of sp³-hybridized carbons (Fsp3) is 0.385. The van der Waals surface area contributed by atoms with Gasteiger partial charge in [-0.3, -0.25) is 4.79 Å². The van der Waals surface area contributed by atoms with Crippen LogP contribution in [0.3, 0.4) is 0 Å². The molecule has 0 saturated heterocycles. The fourth-order valence-corrected chi connectivity index (χ4v) is 2.78. The number of aromatic nitrogens is 2. The highest BCUT2D eigenvalue weighted by Gasteiger charge is 2.36. The van der Waals surface area contributed by atoms with Gasteiger partial charge >= 0.3 is 11.0 Å². The van der Waals surface area contributed by atoms with E-state index >= 15 is 0 Å². The summed E-state index contributed by atoms with van der Waals surface area (Å²) in [5, 5.41) is 12.2. The van der Waals surface area contributed by atoms with Crippen LogP contribution in [0.1, 0.15) is 27.3 Å². The minimum Gasteiger partial charge on any atom is -0.507 e. The third-order valence-electron chi connectivity index (χ3n) is 3.55. The smallest absolute Gasteiger partial charge is 0.445 e. The first kappa shape index (κ1) is 15.6. The van der Waals surface area contributed by atoms with Crippen LogP contribution in [0.4, 0.5) is 13.2 Å². The van der Waals surface area contributed by atoms with Gasteiger partial charge in [-0.2, -0.15) is 17.9 Å². The van der Waals surface area contributed by atoms with E-state index in [4.69, 9.17) is 0 Å². The molecule has 114 valence electrons. The maximum atomic E-state index is 12.7. The van der Waals surface area contributed by atoms with Crippen molar-refractivity contribution in [3.05, 3.63) is 36.9 Å². The van der Waals surface area contributed by atoms with Crippen molar-refractivity contribution < 1.29 is 18.3 Å². The Kier molecular flexibility index (Phi) is 3.61. The molecule has 1 N–H and O–H groups in total. The SMILES string of the molecule is Cc1c(C)c(O)c(C)c(-n2nc(C(F)(F)F)sc2=O)c1C. The van der Waals surface area contributed by atoms with Crippen LogP contribution in [0.25, 0.3) is 5.69 Å². The lowest BCUT2D eigenvalue weighted by molar-refractivity contribution is -0.138. The summed E-state index contributed by atoms with van der Waals surface area (Å²) in [6.45, 7) is 6.67. The summed E-state index contributed by atoms with van der Waals surface area (Å²) in [5.41, 5.74) is 2.49. The highest BCUT2D eigenvalue weighted by Crippen LogP contribution is 2.34. The summed E-state index contributed by atoms with van der Waals surface area (Å²) in [7, 11) is 0. The van der Waals surface area contributed by atoms with Crippen LogP contribution in [-0.2, 0) is 6.18 Å². The summed E-state index contributed by atoms with van der Waals surface area (Å²) < 4.78 is 38.7. The van der Waals surface area contributed by atoms with Crippen molar-refractivity contribution in [2.24, 2.45) is 0 Å². The molecule has 0 spiro atoms. The molecule has 0 aliphatic rings. The number of nitrogens with zero attached hydrogens (tertiary/aromatic N) is 2. The molecular formula is C13H13F3N2O2S. The standard InChI is InChI=1S/C13H13F3N2O2S/c1-5-6(2)9(8(4)10(19)7(5)3)18-12(20)21-11(17-18)13(14,15)16/h19H,1-4H3. The molecule has 1 aromatic heterocycles. The summed E-state index contributed by atoms with van der Waals surface area (Å²) >= 11 is 0.0391. The van der Waals surface area contributed by atoms with Gasteiger partial charge in [-0.15, -0.1) is 5.10 Å². The Morgan fingerprint density at radius 3 is 2.10 bits per heavy atom. The van der Waals surface area contributed by atoms with Gasteiger partial charge in [0.2, 0.25) is 5.01 Å². The van der Waals surface area contributed by atoms with Crippen LogP contribution >= 0.6 is 11.3 Å². The lowest BCUT2D eigenvalue weighted by Gasteiger charge is -2.16. The van der Waals surface area contributed by atoms with Crippen LogP contribution < -0.4 is 4.87 Å². The molecule has 0 amide bonds. The van der Waals surface area contributed by atoms with E-state index in [0.717, 1.165) is 0 Å². The highest BCUT2D eigenvalue weighted by molar-refractivity contribution is 7.09. The summed E-state index contributed by atoms with van der Waals surface area (Å²) in [5.74, 6) is -0.0402. The molecule has 0 aliphatic carbocycles. The first-order chi connectivity index (χ1) is 9.55. The molecule has 0 bridgehead atoms. The number of alkyl halides is 3. The maximum absolute atomic E-state index is 12.7. The predicted molar refractivity (Wildman–Crippen MR) is 73.3 cm³/mol. The van der Waals surface area contributed by atoms with Gasteiger partial charge in [0.1, 0.15) is 5.75 Å². The van der Waals surface area contributed by atoms with E-state index in [-0.39, 0.29) is 22.8 Å². The van der Waals surface area contributed by atoms with Gasteiger partial charge < -0.3 is 5.11 Å². The Labute approximate surface area is 122 Å². The maximum Gasteiger partial charge on any atom is 0.445 e. The van der Waals surface area contributed by atoms with Gasteiger partial charge in [-0.05, 0) is 55.7 Å². The zero-order chi connectivity index (χ0) is 16.1. The van der Waals surface area contributed by atoms with Crippen molar-refractivity contribution in [1.29, 1.82) is 0 Å². The van der Waals surface area contributed by atoms with E-state index in [1.165, 1.54) is 0 Å². The minimum atomic E-state index is -4.67. The van der Waals surface area contributed by atoms with Gasteiger partial charge in [0.05, 0.1) is 5.69 Å². The number of phenolic OH excluding ortho intramolecular Hbond substituents is 1. The first-order valence-electron chi connectivity index (χ1n) is 6.02. The summed E-state index contributed by atoms with van der Waals surface area (Å²) in [6.07, 6.45) is -4.67. The van der Waals surface area contributed by atoms with Gasteiger partial charge in [0, 0.05) is 5.56 Å². The molecule has 21 heavy (non-hydrogen) atoms. The third kappa shape index (κ3) is 2.44. The second-order valence-corrected chi connectivity index (χ2v) is 5.72. The molecule has 0 aliphatic heterocycles. The number of hydrogen-bond donors (Lipinski definition) is 1. The summed E-state index contributed by atoms with van der Waals surface area (Å²) in [4.78, 5) is 11.0. The molecule has 0 saturated carbocycles. The number of rotatable bonds is 1. The fourth-order valence-electron chi connectivity index (χ4n) is 2.16. The zero-order valence-corrected chi connectivity index (χ0v) is 12.6. The number of halogens is 3. The second kappa shape index (κ2) is 4.87. The minimum absolute atomic E-state index is 0.0391. The molecule has 0 radical (unpaired) electrons. The van der Waals surface area contributed by atoms with E-state index in [1.54, 1.807) is 27.7 Å². The predicted octanol–water partition coefficient (Wildman–Crippen LogP) is 3.25. The van der Waals surface area contributed by atoms with Gasteiger partial charge in [0.15, 0.2) is 0 Å². The van der Waals surface area contributed by atoms with E-state index in [2.05, 4.69) is 5.10 Å². The number of phenols is 1. The van der Waals surface area contributed by atoms with Gasteiger partial charge in [0.25, 0.3) is 0 Å². The van der Waals surface area contributed by atoms with Crippen molar-refractivity contribution in [3.8, 4) is 11.4 Å². The van der Waals surface area contributed by atoms with Crippen LogP contribution in [0.15, 0.2) is 4.79 Å². The van der Waals surface area contributed by atoms with Gasteiger partial charge in [-0.1, -0.05) is 0 Å². The van der Waals surface area contributed by atoms with Crippen LogP contribution in [0.5, 0.6) is 5.75 Å². The van der Waals surface area contributed by atoms with Crippen LogP contribution in [0, 0.1) is 27.7 Å².